The van der Waals surface area contributed by atoms with E-state index in [2.05, 4.69) is 72.0 Å². The molecule has 0 unspecified atom stereocenters. The second-order valence-electron chi connectivity index (χ2n) is 9.36. The summed E-state index contributed by atoms with van der Waals surface area (Å²) in [6, 6.07) is 11.5. The maximum atomic E-state index is 2.41. The maximum Gasteiger partial charge on any atom is 0.244 e. The lowest BCUT2D eigenvalue weighted by molar-refractivity contribution is -0.693. The largest absolute Gasteiger partial charge is 0.244 e. The van der Waals surface area contributed by atoms with E-state index in [4.69, 9.17) is 0 Å². The smallest absolute Gasteiger partial charge is 0.237 e. The molecule has 2 rings (SSSR count). The number of rotatable bonds is 19. The van der Waals surface area contributed by atoms with Crippen LogP contribution in [-0.2, 0) is 6.54 Å². The lowest BCUT2D eigenvalue weighted by Gasteiger charge is -2.14. The molecule has 0 spiro atoms. The summed E-state index contributed by atoms with van der Waals surface area (Å²) < 4.78 is 4.67. The molecule has 2 nitrogen and oxygen atoms in total. The van der Waals surface area contributed by atoms with Crippen LogP contribution in [0.1, 0.15) is 128 Å². The van der Waals surface area contributed by atoms with Crippen molar-refractivity contribution in [2.24, 2.45) is 0 Å². The van der Waals surface area contributed by atoms with Crippen LogP contribution in [0.4, 0.5) is 0 Å². The van der Waals surface area contributed by atoms with Gasteiger partial charge in [-0.1, -0.05) is 127 Å². The Morgan fingerprint density at radius 2 is 1.19 bits per heavy atom. The standard InChI is InChI=1S/C29H49N2/c1-3-5-6-7-8-9-10-11-12-13-14-15-16-17-21-24-29(28-22-19-18-20-23-28)31-26-25-30(4-2)27-31/h18-20,22-23,25-27,29H,3-17,21,24H2,1-2H3/q+1/t29-/m0/s1. The molecule has 0 amide bonds. The van der Waals surface area contributed by atoms with Crippen molar-refractivity contribution in [3.63, 3.8) is 0 Å². The van der Waals surface area contributed by atoms with E-state index in [0.717, 1.165) is 6.54 Å². The first kappa shape index (κ1) is 25.7. The molecule has 0 aliphatic carbocycles. The average Bonchev–Trinajstić information content (AvgIpc) is 3.28. The Balaban J connectivity index is 1.52. The summed E-state index contributed by atoms with van der Waals surface area (Å²) in [7, 11) is 0. The molecule has 0 bridgehead atoms. The Labute approximate surface area is 193 Å². The van der Waals surface area contributed by atoms with Gasteiger partial charge in [0.1, 0.15) is 18.4 Å². The first-order chi connectivity index (χ1) is 15.3. The molecule has 1 heterocycles. The second kappa shape index (κ2) is 17.0. The van der Waals surface area contributed by atoms with Crippen LogP contribution in [0.25, 0.3) is 0 Å². The van der Waals surface area contributed by atoms with E-state index in [1.807, 2.05) is 0 Å². The van der Waals surface area contributed by atoms with Crippen LogP contribution < -0.4 is 4.57 Å². The fraction of sp³-hybridized carbons (Fsp3) is 0.690. The summed E-state index contributed by atoms with van der Waals surface area (Å²) in [5.41, 5.74) is 1.44. The Morgan fingerprint density at radius 1 is 0.677 bits per heavy atom. The molecular weight excluding hydrogens is 376 g/mol. The Morgan fingerprint density at radius 3 is 1.68 bits per heavy atom. The van der Waals surface area contributed by atoms with Crippen LogP contribution in [0, 0.1) is 0 Å². The summed E-state index contributed by atoms with van der Waals surface area (Å²) in [5.74, 6) is 0. The van der Waals surface area contributed by atoms with Crippen molar-refractivity contribution in [3.05, 3.63) is 54.6 Å². The molecule has 1 aromatic carbocycles. The van der Waals surface area contributed by atoms with Crippen molar-refractivity contribution in [1.82, 2.24) is 4.57 Å². The minimum atomic E-state index is 0.468. The van der Waals surface area contributed by atoms with Crippen molar-refractivity contribution >= 4 is 0 Å². The summed E-state index contributed by atoms with van der Waals surface area (Å²) in [5, 5.41) is 0. The molecule has 0 N–H and O–H groups in total. The molecule has 174 valence electrons. The highest BCUT2D eigenvalue weighted by Gasteiger charge is 2.18. The van der Waals surface area contributed by atoms with Crippen molar-refractivity contribution in [1.29, 1.82) is 0 Å². The topological polar surface area (TPSA) is 8.81 Å². The van der Waals surface area contributed by atoms with Gasteiger partial charge in [0, 0.05) is 0 Å². The van der Waals surface area contributed by atoms with Crippen molar-refractivity contribution in [2.45, 2.75) is 129 Å². The van der Waals surface area contributed by atoms with Crippen molar-refractivity contribution in [2.75, 3.05) is 0 Å². The molecule has 2 aromatic rings. The van der Waals surface area contributed by atoms with E-state index in [-0.39, 0.29) is 0 Å². The fourth-order valence-corrected chi connectivity index (χ4v) is 4.65. The monoisotopic (exact) mass is 425 g/mol. The summed E-state index contributed by atoms with van der Waals surface area (Å²) >= 11 is 0. The number of imidazole rings is 1. The molecule has 0 fully saturated rings. The predicted molar refractivity (Wildman–Crippen MR) is 134 cm³/mol. The van der Waals surface area contributed by atoms with Gasteiger partial charge < -0.3 is 0 Å². The zero-order valence-electron chi connectivity index (χ0n) is 20.6. The predicted octanol–water partition coefficient (Wildman–Crippen LogP) is 8.65. The highest BCUT2D eigenvalue weighted by molar-refractivity contribution is 5.19. The zero-order chi connectivity index (χ0) is 22.0. The third-order valence-corrected chi connectivity index (χ3v) is 6.70. The number of benzene rings is 1. The van der Waals surface area contributed by atoms with Crippen molar-refractivity contribution in [3.8, 4) is 0 Å². The maximum absolute atomic E-state index is 2.41. The quantitative estimate of drug-likeness (QED) is 0.157. The van der Waals surface area contributed by atoms with Crippen LogP contribution in [-0.4, -0.2) is 4.57 Å². The first-order valence-corrected chi connectivity index (χ1v) is 13.5. The van der Waals surface area contributed by atoms with Gasteiger partial charge in [-0.2, -0.15) is 0 Å². The number of hydrogen-bond acceptors (Lipinski definition) is 0. The zero-order valence-corrected chi connectivity index (χ0v) is 20.6. The molecule has 0 saturated carbocycles. The normalized spacial score (nSPS) is 12.3. The first-order valence-electron chi connectivity index (χ1n) is 13.5. The van der Waals surface area contributed by atoms with Gasteiger partial charge in [-0.05, 0) is 25.3 Å². The Bertz CT molecular complexity index is 646. The van der Waals surface area contributed by atoms with E-state index in [9.17, 15) is 0 Å². The number of nitrogens with zero attached hydrogens (tertiary/aromatic N) is 2. The summed E-state index contributed by atoms with van der Waals surface area (Å²) in [4.78, 5) is 0. The number of hydrogen-bond donors (Lipinski definition) is 0. The highest BCUT2D eigenvalue weighted by Crippen LogP contribution is 2.24. The van der Waals surface area contributed by atoms with Crippen LogP contribution >= 0.6 is 0 Å². The minimum absolute atomic E-state index is 0.468. The van der Waals surface area contributed by atoms with Gasteiger partial charge in [0.25, 0.3) is 0 Å². The van der Waals surface area contributed by atoms with Gasteiger partial charge in [0.05, 0.1) is 6.54 Å². The molecule has 1 atom stereocenters. The van der Waals surface area contributed by atoms with E-state index < -0.39 is 0 Å². The number of aromatic nitrogens is 2. The molecule has 0 radical (unpaired) electrons. The van der Waals surface area contributed by atoms with Gasteiger partial charge in [0.15, 0.2) is 0 Å². The van der Waals surface area contributed by atoms with E-state index in [1.165, 1.54) is 108 Å². The SMILES string of the molecule is CCCCCCCCCCCCCCCCC[C@@H](c1ccccc1)n1cc[n+](CC)c1. The van der Waals surface area contributed by atoms with Gasteiger partial charge in [0.2, 0.25) is 6.33 Å². The molecular formula is C29H49N2+. The third-order valence-electron chi connectivity index (χ3n) is 6.70. The van der Waals surface area contributed by atoms with Gasteiger partial charge in [-0.15, -0.1) is 0 Å². The van der Waals surface area contributed by atoms with E-state index in [0.29, 0.717) is 6.04 Å². The Kier molecular flexibility index (Phi) is 14.1. The van der Waals surface area contributed by atoms with Crippen LogP contribution in [0.2, 0.25) is 0 Å². The summed E-state index contributed by atoms with van der Waals surface area (Å²) in [6.07, 6.45) is 29.4. The van der Waals surface area contributed by atoms with E-state index in [1.54, 1.807) is 0 Å². The Hall–Kier alpha value is -1.57. The van der Waals surface area contributed by atoms with Gasteiger partial charge in [-0.3, -0.25) is 0 Å². The minimum Gasteiger partial charge on any atom is -0.237 e. The lowest BCUT2D eigenvalue weighted by atomic mass is 9.99. The average molecular weight is 426 g/mol. The molecule has 31 heavy (non-hydrogen) atoms. The van der Waals surface area contributed by atoms with Crippen LogP contribution in [0.3, 0.4) is 0 Å². The van der Waals surface area contributed by atoms with Crippen molar-refractivity contribution < 1.29 is 4.57 Å². The molecule has 1 aromatic heterocycles. The second-order valence-corrected chi connectivity index (χ2v) is 9.36. The number of aryl methyl sites for hydroxylation is 1. The summed E-state index contributed by atoms with van der Waals surface area (Å²) in [6.45, 7) is 5.54. The molecule has 0 saturated heterocycles. The highest BCUT2D eigenvalue weighted by atomic mass is 15.1. The van der Waals surface area contributed by atoms with E-state index >= 15 is 0 Å². The molecule has 0 aliphatic heterocycles. The third kappa shape index (κ3) is 11.0. The van der Waals surface area contributed by atoms with Crippen LogP contribution in [0.15, 0.2) is 49.1 Å². The lowest BCUT2D eigenvalue weighted by Crippen LogP contribution is -2.29. The van der Waals surface area contributed by atoms with Crippen LogP contribution in [0.5, 0.6) is 0 Å². The van der Waals surface area contributed by atoms with Gasteiger partial charge in [-0.25, -0.2) is 9.13 Å². The van der Waals surface area contributed by atoms with Gasteiger partial charge >= 0.3 is 0 Å². The fourth-order valence-electron chi connectivity index (χ4n) is 4.65. The molecule has 0 aliphatic rings. The molecule has 2 heteroatoms. The number of unbranched alkanes of at least 4 members (excludes halogenated alkanes) is 14.